The number of pyridine rings is 1. The van der Waals surface area contributed by atoms with Crippen LogP contribution in [0, 0.1) is 6.92 Å². The summed E-state index contributed by atoms with van der Waals surface area (Å²) >= 11 is 4.74. The van der Waals surface area contributed by atoms with Crippen molar-refractivity contribution in [2.24, 2.45) is 0 Å². The van der Waals surface area contributed by atoms with E-state index >= 15 is 0 Å². The molecule has 0 saturated heterocycles. The number of furan rings is 1. The molecule has 130 valence electrons. The predicted molar refractivity (Wildman–Crippen MR) is 106 cm³/mol. The zero-order valence-corrected chi connectivity index (χ0v) is 16.3. The van der Waals surface area contributed by atoms with Crippen molar-refractivity contribution in [3.63, 3.8) is 0 Å². The Morgan fingerprint density at radius 3 is 2.88 bits per heavy atom. The number of halogens is 1. The number of amides is 1. The first-order valence-corrected chi connectivity index (χ1v) is 9.54. The Kier molecular flexibility index (Phi) is 4.57. The Morgan fingerprint density at radius 1 is 1.27 bits per heavy atom. The first-order chi connectivity index (χ1) is 12.6. The van der Waals surface area contributed by atoms with Crippen LogP contribution >= 0.6 is 27.3 Å². The fraction of sp³-hybridized carbons (Fsp3) is 0.105. The van der Waals surface area contributed by atoms with Crippen LogP contribution in [0.1, 0.15) is 21.7 Å². The lowest BCUT2D eigenvalue weighted by Gasteiger charge is -2.18. The summed E-state index contributed by atoms with van der Waals surface area (Å²) in [6.45, 7) is 2.40. The van der Waals surface area contributed by atoms with E-state index in [1.165, 1.54) is 11.3 Å². The number of aryl methyl sites for hydroxylation is 1. The van der Waals surface area contributed by atoms with Crippen molar-refractivity contribution in [2.45, 2.75) is 13.5 Å². The molecule has 0 N–H and O–H groups in total. The van der Waals surface area contributed by atoms with Crippen molar-refractivity contribution >= 4 is 48.5 Å². The smallest absolute Gasteiger partial charge is 0.296 e. The number of anilines is 1. The highest BCUT2D eigenvalue weighted by Crippen LogP contribution is 2.31. The molecule has 0 spiro atoms. The quantitative estimate of drug-likeness (QED) is 0.448. The number of hydrogen-bond acceptors (Lipinski definition) is 5. The van der Waals surface area contributed by atoms with Gasteiger partial charge in [-0.05, 0) is 64.3 Å². The van der Waals surface area contributed by atoms with E-state index in [1.54, 1.807) is 29.4 Å². The third kappa shape index (κ3) is 3.40. The van der Waals surface area contributed by atoms with Crippen LogP contribution in [0.4, 0.5) is 5.13 Å². The molecule has 7 heteroatoms. The van der Waals surface area contributed by atoms with Gasteiger partial charge in [0.05, 0.1) is 16.8 Å². The van der Waals surface area contributed by atoms with Gasteiger partial charge in [-0.25, -0.2) is 4.98 Å². The minimum Gasteiger partial charge on any atom is -0.444 e. The first-order valence-electron chi connectivity index (χ1n) is 7.93. The Labute approximate surface area is 162 Å². The highest BCUT2D eigenvalue weighted by Gasteiger charge is 2.24. The Hall–Kier alpha value is -2.51. The van der Waals surface area contributed by atoms with Gasteiger partial charge in [-0.3, -0.25) is 14.7 Å². The van der Waals surface area contributed by atoms with E-state index < -0.39 is 0 Å². The molecule has 0 aliphatic heterocycles. The molecule has 1 aromatic carbocycles. The average molecular weight is 428 g/mol. The van der Waals surface area contributed by atoms with Gasteiger partial charge in [0.15, 0.2) is 15.6 Å². The minimum atomic E-state index is -0.240. The number of carbonyl (C=O) groups excluding carboxylic acids is 1. The van der Waals surface area contributed by atoms with Crippen LogP contribution in [-0.2, 0) is 6.54 Å². The highest BCUT2D eigenvalue weighted by atomic mass is 79.9. The van der Waals surface area contributed by atoms with Gasteiger partial charge in [0.1, 0.15) is 0 Å². The van der Waals surface area contributed by atoms with Crippen molar-refractivity contribution in [2.75, 3.05) is 4.90 Å². The van der Waals surface area contributed by atoms with Gasteiger partial charge in [-0.1, -0.05) is 23.5 Å². The average Bonchev–Trinajstić information content (AvgIpc) is 3.25. The van der Waals surface area contributed by atoms with Crippen LogP contribution < -0.4 is 4.90 Å². The molecule has 1 amide bonds. The number of fused-ring (bicyclic) bond motifs is 1. The lowest BCUT2D eigenvalue weighted by atomic mass is 10.2. The van der Waals surface area contributed by atoms with E-state index in [9.17, 15) is 4.79 Å². The number of carbonyl (C=O) groups is 1. The lowest BCUT2D eigenvalue weighted by molar-refractivity contribution is 0.0957. The maximum Gasteiger partial charge on any atom is 0.296 e. The maximum atomic E-state index is 13.1. The molecule has 0 bridgehead atoms. The maximum absolute atomic E-state index is 13.1. The molecule has 0 aliphatic carbocycles. The fourth-order valence-corrected chi connectivity index (χ4v) is 3.97. The van der Waals surface area contributed by atoms with Crippen LogP contribution in [0.5, 0.6) is 0 Å². The summed E-state index contributed by atoms with van der Waals surface area (Å²) in [7, 11) is 0. The second-order valence-corrected chi connectivity index (χ2v) is 7.61. The van der Waals surface area contributed by atoms with E-state index in [0.717, 1.165) is 21.3 Å². The van der Waals surface area contributed by atoms with Crippen LogP contribution in [0.2, 0.25) is 0 Å². The van der Waals surface area contributed by atoms with Crippen molar-refractivity contribution in [3.05, 3.63) is 76.4 Å². The summed E-state index contributed by atoms with van der Waals surface area (Å²) in [6.07, 6.45) is 3.45. The molecule has 3 heterocycles. The second kappa shape index (κ2) is 7.01. The van der Waals surface area contributed by atoms with Gasteiger partial charge in [-0.2, -0.15) is 0 Å². The Balaban J connectivity index is 1.76. The summed E-state index contributed by atoms with van der Waals surface area (Å²) in [5, 5.41) is 0.631. The number of rotatable bonds is 4. The molecule has 0 radical (unpaired) electrons. The van der Waals surface area contributed by atoms with Crippen LogP contribution in [0.25, 0.3) is 10.2 Å². The largest absolute Gasteiger partial charge is 0.444 e. The molecule has 26 heavy (non-hydrogen) atoms. The van der Waals surface area contributed by atoms with E-state index in [4.69, 9.17) is 4.42 Å². The predicted octanol–water partition coefficient (Wildman–Crippen LogP) is 5.20. The van der Waals surface area contributed by atoms with E-state index in [1.807, 2.05) is 31.2 Å². The van der Waals surface area contributed by atoms with Crippen LogP contribution in [0.15, 0.2) is 63.9 Å². The number of thiazole rings is 1. The third-order valence-electron chi connectivity index (χ3n) is 3.86. The third-order valence-corrected chi connectivity index (χ3v) is 5.32. The fourth-order valence-electron chi connectivity index (χ4n) is 2.60. The molecule has 3 aromatic heterocycles. The number of nitrogens with zero attached hydrogens (tertiary/aromatic N) is 3. The highest BCUT2D eigenvalue weighted by molar-refractivity contribution is 9.10. The minimum absolute atomic E-state index is 0.240. The van der Waals surface area contributed by atoms with Crippen molar-refractivity contribution in [1.29, 1.82) is 0 Å². The molecule has 0 atom stereocenters. The van der Waals surface area contributed by atoms with Gasteiger partial charge in [0.2, 0.25) is 0 Å². The molecule has 0 fully saturated rings. The summed E-state index contributed by atoms with van der Waals surface area (Å²) in [4.78, 5) is 23.5. The summed E-state index contributed by atoms with van der Waals surface area (Å²) < 4.78 is 7.03. The van der Waals surface area contributed by atoms with Crippen molar-refractivity contribution in [3.8, 4) is 0 Å². The SMILES string of the molecule is Cc1ccc2nc(N(Cc3cccnc3)C(=O)c3ccc(Br)o3)sc2c1. The molecule has 0 aliphatic rings. The second-order valence-electron chi connectivity index (χ2n) is 5.82. The number of benzene rings is 1. The Bertz CT molecular complexity index is 1070. The number of hydrogen-bond donors (Lipinski definition) is 0. The van der Waals surface area contributed by atoms with Crippen LogP contribution in [-0.4, -0.2) is 15.9 Å². The lowest BCUT2D eigenvalue weighted by Crippen LogP contribution is -2.30. The number of aromatic nitrogens is 2. The molecule has 0 unspecified atom stereocenters. The van der Waals surface area contributed by atoms with E-state index in [0.29, 0.717) is 16.3 Å². The normalized spacial score (nSPS) is 11.0. The molecule has 4 aromatic rings. The topological polar surface area (TPSA) is 59.2 Å². The van der Waals surface area contributed by atoms with Gasteiger partial charge in [-0.15, -0.1) is 0 Å². The molecular weight excluding hydrogens is 414 g/mol. The van der Waals surface area contributed by atoms with Gasteiger partial charge >= 0.3 is 0 Å². The molecule has 0 saturated carbocycles. The summed E-state index contributed by atoms with van der Waals surface area (Å²) in [5.74, 6) is 0.0199. The van der Waals surface area contributed by atoms with E-state index in [-0.39, 0.29) is 11.7 Å². The van der Waals surface area contributed by atoms with Crippen molar-refractivity contribution in [1.82, 2.24) is 9.97 Å². The first kappa shape index (κ1) is 16.9. The van der Waals surface area contributed by atoms with Crippen molar-refractivity contribution < 1.29 is 9.21 Å². The van der Waals surface area contributed by atoms with Gasteiger partial charge < -0.3 is 4.42 Å². The standard InChI is InChI=1S/C19H14BrN3O2S/c1-12-4-5-14-16(9-12)26-19(22-14)23(11-13-3-2-8-21-10-13)18(24)15-6-7-17(20)25-15/h2-10H,11H2,1H3. The van der Waals surface area contributed by atoms with Gasteiger partial charge in [0.25, 0.3) is 5.91 Å². The summed E-state index contributed by atoms with van der Waals surface area (Å²) in [5.41, 5.74) is 2.95. The molecular formula is C19H14BrN3O2S. The van der Waals surface area contributed by atoms with Gasteiger partial charge in [0, 0.05) is 12.4 Å². The zero-order chi connectivity index (χ0) is 18.1. The monoisotopic (exact) mass is 427 g/mol. The summed E-state index contributed by atoms with van der Waals surface area (Å²) in [6, 6.07) is 13.2. The van der Waals surface area contributed by atoms with E-state index in [2.05, 4.69) is 32.0 Å². The molecule has 4 rings (SSSR count). The zero-order valence-electron chi connectivity index (χ0n) is 13.8. The molecule has 5 nitrogen and oxygen atoms in total. The van der Waals surface area contributed by atoms with Crippen LogP contribution in [0.3, 0.4) is 0 Å². The Morgan fingerprint density at radius 2 is 2.15 bits per heavy atom.